The largest absolute Gasteiger partial charge is 0.490 e. The number of rotatable bonds is 6. The molecule has 33 heavy (non-hydrogen) atoms. The number of nitrogens with two attached hydrogens (primary N) is 1. The molecule has 3 aromatic rings. The zero-order chi connectivity index (χ0) is 23.6. The summed E-state index contributed by atoms with van der Waals surface area (Å²) in [7, 11) is 0. The second-order valence-electron chi connectivity index (χ2n) is 7.94. The summed E-state index contributed by atoms with van der Waals surface area (Å²) in [6, 6.07) is 0. The van der Waals surface area contributed by atoms with Crippen molar-refractivity contribution in [1.29, 1.82) is 0 Å². The smallest absolute Gasteiger partial charge is 0.199 e. The summed E-state index contributed by atoms with van der Waals surface area (Å²) in [5, 5.41) is 20.7. The molecular formula is C21H25N7O4S. The minimum atomic E-state index is -1.19. The number of aliphatic hydroxyl groups is 1. The number of nitrogens with one attached hydrogen (secondary N) is 1. The third kappa shape index (κ3) is 4.90. The molecule has 0 radical (unpaired) electrons. The summed E-state index contributed by atoms with van der Waals surface area (Å²) < 4.78 is 18.5. The van der Waals surface area contributed by atoms with Crippen LogP contribution in [0.15, 0.2) is 10.8 Å². The highest BCUT2D eigenvalue weighted by Gasteiger charge is 2.24. The number of aromatic nitrogens is 5. The molecule has 1 saturated heterocycles. The molecule has 0 amide bonds. The van der Waals surface area contributed by atoms with Gasteiger partial charge in [0, 0.05) is 19.5 Å². The summed E-state index contributed by atoms with van der Waals surface area (Å²) in [6.45, 7) is 7.36. The van der Waals surface area contributed by atoms with Crippen molar-refractivity contribution in [3.8, 4) is 29.1 Å². The molecule has 4 N–H and O–H groups in total. The molecule has 1 aliphatic heterocycles. The number of nitrogen functional groups attached to an aromatic ring is 1. The van der Waals surface area contributed by atoms with Gasteiger partial charge in [0.05, 0.1) is 19.4 Å². The highest BCUT2D eigenvalue weighted by atomic mass is 32.1. The highest BCUT2D eigenvalue weighted by Crippen LogP contribution is 2.33. The van der Waals surface area contributed by atoms with Crippen LogP contribution in [0.4, 0.5) is 5.82 Å². The number of morpholine rings is 1. The molecule has 0 saturated carbocycles. The zero-order valence-electron chi connectivity index (χ0n) is 18.6. The Balaban J connectivity index is 1.75. The minimum Gasteiger partial charge on any atom is -0.490 e. The fourth-order valence-corrected chi connectivity index (χ4v) is 3.70. The predicted molar refractivity (Wildman–Crippen MR) is 125 cm³/mol. The van der Waals surface area contributed by atoms with Crippen LogP contribution in [0.1, 0.15) is 32.9 Å². The van der Waals surface area contributed by atoms with Crippen LogP contribution in [0, 0.1) is 11.8 Å². The Bertz CT molecular complexity index is 1240. The summed E-state index contributed by atoms with van der Waals surface area (Å²) in [5.74, 6) is 6.79. The van der Waals surface area contributed by atoms with Gasteiger partial charge in [-0.1, -0.05) is 18.1 Å². The quantitative estimate of drug-likeness (QED) is 0.353. The van der Waals surface area contributed by atoms with Gasteiger partial charge in [-0.2, -0.15) is 0 Å². The molecule has 0 aliphatic carbocycles. The van der Waals surface area contributed by atoms with E-state index in [0.717, 1.165) is 0 Å². The second-order valence-corrected chi connectivity index (χ2v) is 8.38. The van der Waals surface area contributed by atoms with Crippen LogP contribution in [0.5, 0.6) is 5.75 Å². The van der Waals surface area contributed by atoms with Crippen molar-refractivity contribution in [3.63, 3.8) is 0 Å². The Morgan fingerprint density at radius 3 is 2.91 bits per heavy atom. The fourth-order valence-electron chi connectivity index (χ4n) is 3.42. The number of nitrogens with zero attached hydrogens (tertiary/aromatic N) is 5. The van der Waals surface area contributed by atoms with Crippen LogP contribution in [0.25, 0.3) is 22.6 Å². The normalized spacial score (nSPS) is 16.4. The van der Waals surface area contributed by atoms with Crippen LogP contribution < -0.4 is 15.8 Å². The molecule has 4 rings (SSSR count). The first-order valence-electron chi connectivity index (χ1n) is 10.5. The van der Waals surface area contributed by atoms with Gasteiger partial charge in [0.1, 0.15) is 33.4 Å². The Hall–Kier alpha value is -3.27. The maximum atomic E-state index is 10.0. The summed E-state index contributed by atoms with van der Waals surface area (Å²) in [6.07, 6.45) is 1.99. The molecule has 0 spiro atoms. The van der Waals surface area contributed by atoms with Crippen LogP contribution in [-0.2, 0) is 11.3 Å². The Morgan fingerprint density at radius 2 is 2.24 bits per heavy atom. The average Bonchev–Trinajstić information content (AvgIpc) is 3.36. The Kier molecular flexibility index (Phi) is 6.46. The maximum Gasteiger partial charge on any atom is 0.199 e. The first-order chi connectivity index (χ1) is 15.8. The average molecular weight is 472 g/mol. The Labute approximate surface area is 195 Å². The van der Waals surface area contributed by atoms with E-state index >= 15 is 0 Å². The van der Waals surface area contributed by atoms with Crippen molar-refractivity contribution >= 4 is 34.1 Å². The summed E-state index contributed by atoms with van der Waals surface area (Å²) >= 11 is 5.32. The second kappa shape index (κ2) is 9.30. The number of aryl methyl sites for hydroxylation is 1. The molecular weight excluding hydrogens is 446 g/mol. The van der Waals surface area contributed by atoms with Crippen LogP contribution >= 0.6 is 12.2 Å². The first kappa shape index (κ1) is 22.9. The molecule has 0 aromatic carbocycles. The van der Waals surface area contributed by atoms with Crippen molar-refractivity contribution < 1.29 is 19.2 Å². The van der Waals surface area contributed by atoms with E-state index in [0.29, 0.717) is 71.7 Å². The number of hydrogen-bond acceptors (Lipinski definition) is 10. The lowest BCUT2D eigenvalue weighted by molar-refractivity contribution is 0.0711. The van der Waals surface area contributed by atoms with Gasteiger partial charge in [0.25, 0.3) is 0 Å². The molecule has 1 aliphatic rings. The predicted octanol–water partition coefficient (Wildman–Crippen LogP) is 1.29. The van der Waals surface area contributed by atoms with E-state index in [4.69, 9.17) is 37.0 Å². The highest BCUT2D eigenvalue weighted by molar-refractivity contribution is 7.80. The summed E-state index contributed by atoms with van der Waals surface area (Å²) in [4.78, 5) is 9.81. The standard InChI is InChI=1S/C21H25N7O4S/c1-4-28-17-14(30-9-6-13-20(33)23-8-10-31-13)11-24-12(5-7-21(2,3)29)15(17)25-19(28)16-18(22)27-32-26-16/h11,13,29H,4,6,8-10H2,1-3H3,(H2,22,27)(H,23,33). The minimum absolute atomic E-state index is 0.120. The number of hydrogen-bond donors (Lipinski definition) is 3. The lowest BCUT2D eigenvalue weighted by Crippen LogP contribution is -2.43. The summed E-state index contributed by atoms with van der Waals surface area (Å²) in [5.41, 5.74) is 6.61. The van der Waals surface area contributed by atoms with Crippen LogP contribution in [-0.4, -0.2) is 66.4 Å². The molecule has 1 fully saturated rings. The lowest BCUT2D eigenvalue weighted by Gasteiger charge is -2.25. The van der Waals surface area contributed by atoms with Crippen molar-refractivity contribution in [3.05, 3.63) is 11.9 Å². The molecule has 4 heterocycles. The number of imidazole rings is 1. The molecule has 0 bridgehead atoms. The number of pyridine rings is 1. The van der Waals surface area contributed by atoms with Gasteiger partial charge in [-0.3, -0.25) is 0 Å². The number of ether oxygens (including phenoxy) is 2. The zero-order valence-corrected chi connectivity index (χ0v) is 19.4. The fraction of sp³-hybridized carbons (Fsp3) is 0.476. The monoisotopic (exact) mass is 471 g/mol. The van der Waals surface area contributed by atoms with E-state index in [1.165, 1.54) is 0 Å². The topological polar surface area (TPSA) is 146 Å². The van der Waals surface area contributed by atoms with Gasteiger partial charge in [0.2, 0.25) is 0 Å². The molecule has 1 unspecified atom stereocenters. The number of anilines is 1. The van der Waals surface area contributed by atoms with Crippen molar-refractivity contribution in [2.24, 2.45) is 0 Å². The van der Waals surface area contributed by atoms with E-state index in [2.05, 4.69) is 32.5 Å². The van der Waals surface area contributed by atoms with Gasteiger partial charge >= 0.3 is 0 Å². The van der Waals surface area contributed by atoms with E-state index < -0.39 is 5.60 Å². The van der Waals surface area contributed by atoms with Crippen molar-refractivity contribution in [2.75, 3.05) is 25.5 Å². The first-order valence-corrected chi connectivity index (χ1v) is 10.9. The van der Waals surface area contributed by atoms with Gasteiger partial charge in [0.15, 0.2) is 23.1 Å². The third-order valence-electron chi connectivity index (χ3n) is 4.92. The number of thiocarbonyl (C=S) groups is 1. The maximum absolute atomic E-state index is 10.0. The van der Waals surface area contributed by atoms with Gasteiger partial charge < -0.3 is 30.2 Å². The molecule has 1 atom stereocenters. The Morgan fingerprint density at radius 1 is 1.42 bits per heavy atom. The van der Waals surface area contributed by atoms with E-state index in [-0.39, 0.29) is 11.9 Å². The SMILES string of the molecule is CCn1c(-c2nonc2N)nc2c(C#CC(C)(C)O)ncc(OCCC3OCCNC3=S)c21. The van der Waals surface area contributed by atoms with E-state index in [9.17, 15) is 5.11 Å². The van der Waals surface area contributed by atoms with E-state index in [1.807, 2.05) is 11.5 Å². The van der Waals surface area contributed by atoms with Gasteiger partial charge in [-0.25, -0.2) is 14.6 Å². The van der Waals surface area contributed by atoms with Gasteiger partial charge in [-0.05, 0) is 37.0 Å². The lowest BCUT2D eigenvalue weighted by atomic mass is 10.1. The molecule has 11 nitrogen and oxygen atoms in total. The van der Waals surface area contributed by atoms with Crippen LogP contribution in [0.2, 0.25) is 0 Å². The van der Waals surface area contributed by atoms with Crippen molar-refractivity contribution in [2.45, 2.75) is 45.4 Å². The van der Waals surface area contributed by atoms with E-state index in [1.54, 1.807) is 20.0 Å². The van der Waals surface area contributed by atoms with Crippen LogP contribution in [0.3, 0.4) is 0 Å². The number of fused-ring (bicyclic) bond motifs is 1. The molecule has 3 aromatic heterocycles. The molecule has 174 valence electrons. The third-order valence-corrected chi connectivity index (χ3v) is 5.32. The van der Waals surface area contributed by atoms with Gasteiger partial charge in [-0.15, -0.1) is 0 Å². The molecule has 12 heteroatoms. The van der Waals surface area contributed by atoms with Crippen molar-refractivity contribution in [1.82, 2.24) is 30.2 Å².